The molecule has 2 aliphatic heterocycles. The number of carbonyl (C=O) groups excluding carboxylic acids is 1. The molecule has 0 saturated carbocycles. The Morgan fingerprint density at radius 3 is 3.00 bits per heavy atom. The molecule has 0 spiro atoms. The highest BCUT2D eigenvalue weighted by Gasteiger charge is 2.34. The highest BCUT2D eigenvalue weighted by atomic mass is 16.7. The Morgan fingerprint density at radius 2 is 2.03 bits per heavy atom. The number of nitrogens with zero attached hydrogens (tertiary/aromatic N) is 3. The van der Waals surface area contributed by atoms with Gasteiger partial charge in [0.05, 0.1) is 0 Å². The zero-order chi connectivity index (χ0) is 20.1. The fourth-order valence-electron chi connectivity index (χ4n) is 4.06. The third kappa shape index (κ3) is 2.88. The molecule has 2 aromatic heterocycles. The molecule has 1 fully saturated rings. The van der Waals surface area contributed by atoms with Gasteiger partial charge in [0.1, 0.15) is 0 Å². The van der Waals surface area contributed by atoms with Crippen molar-refractivity contribution in [2.75, 3.05) is 13.3 Å². The number of amides is 1. The molecule has 1 N–H and O–H groups in total. The van der Waals surface area contributed by atoms with Gasteiger partial charge in [0.2, 0.25) is 12.7 Å². The highest BCUT2D eigenvalue weighted by Crippen LogP contribution is 2.34. The second-order valence-electron chi connectivity index (χ2n) is 7.60. The molecule has 0 radical (unpaired) electrons. The number of carbonyl (C=O) groups is 1. The molecule has 30 heavy (non-hydrogen) atoms. The summed E-state index contributed by atoms with van der Waals surface area (Å²) in [5, 5.41) is 5.28. The number of benzene rings is 2. The predicted molar refractivity (Wildman–Crippen MR) is 107 cm³/mol. The second-order valence-corrected chi connectivity index (χ2v) is 7.60. The minimum Gasteiger partial charge on any atom is -0.454 e. The van der Waals surface area contributed by atoms with Crippen LogP contribution in [0.5, 0.6) is 11.5 Å². The fraction of sp³-hybridized carbons (Fsp3) is 0.227. The SMILES string of the molecule is O=C1CC(c2noc(-c3ccc4cc[nH]c4c3)n2)CN1Cc1ccc2c(c1)OCO2. The van der Waals surface area contributed by atoms with Crippen LogP contribution < -0.4 is 9.47 Å². The summed E-state index contributed by atoms with van der Waals surface area (Å²) in [5.74, 6) is 2.48. The topological polar surface area (TPSA) is 93.5 Å². The molecule has 1 amide bonds. The van der Waals surface area contributed by atoms with E-state index in [1.165, 1.54) is 0 Å². The Labute approximate surface area is 171 Å². The van der Waals surface area contributed by atoms with E-state index in [4.69, 9.17) is 14.0 Å². The van der Waals surface area contributed by atoms with Crippen molar-refractivity contribution < 1.29 is 18.8 Å². The lowest BCUT2D eigenvalue weighted by atomic mass is 10.1. The van der Waals surface area contributed by atoms with Crippen LogP contribution in [0.15, 0.2) is 53.2 Å². The number of hydrogen-bond acceptors (Lipinski definition) is 6. The van der Waals surface area contributed by atoms with Crippen molar-refractivity contribution in [2.45, 2.75) is 18.9 Å². The molecule has 150 valence electrons. The molecule has 4 aromatic rings. The van der Waals surface area contributed by atoms with Crippen LogP contribution in [-0.4, -0.2) is 39.3 Å². The van der Waals surface area contributed by atoms with Crippen molar-refractivity contribution in [3.63, 3.8) is 0 Å². The van der Waals surface area contributed by atoms with Gasteiger partial charge in [0.15, 0.2) is 17.3 Å². The van der Waals surface area contributed by atoms with Crippen molar-refractivity contribution >= 4 is 16.8 Å². The maximum absolute atomic E-state index is 12.6. The number of fused-ring (bicyclic) bond motifs is 2. The predicted octanol–water partition coefficient (Wildman–Crippen LogP) is 3.46. The number of rotatable bonds is 4. The summed E-state index contributed by atoms with van der Waals surface area (Å²) in [4.78, 5) is 22.1. The van der Waals surface area contributed by atoms with Gasteiger partial charge in [-0.1, -0.05) is 17.3 Å². The molecule has 8 nitrogen and oxygen atoms in total. The highest BCUT2D eigenvalue weighted by molar-refractivity contribution is 5.83. The van der Waals surface area contributed by atoms with Crippen LogP contribution in [0.4, 0.5) is 0 Å². The van der Waals surface area contributed by atoms with Gasteiger partial charge in [0, 0.05) is 42.7 Å². The van der Waals surface area contributed by atoms with E-state index < -0.39 is 0 Å². The molecule has 6 rings (SSSR count). The first-order chi connectivity index (χ1) is 14.7. The molecular weight excluding hydrogens is 384 g/mol. The minimum absolute atomic E-state index is 0.0804. The van der Waals surface area contributed by atoms with Crippen LogP contribution in [0.25, 0.3) is 22.4 Å². The number of aromatic amines is 1. The van der Waals surface area contributed by atoms with Gasteiger partial charge in [-0.3, -0.25) is 4.79 Å². The van der Waals surface area contributed by atoms with Crippen LogP contribution in [-0.2, 0) is 11.3 Å². The molecular formula is C22H18N4O4. The maximum atomic E-state index is 12.6. The van der Waals surface area contributed by atoms with Gasteiger partial charge in [-0.2, -0.15) is 4.98 Å². The summed E-state index contributed by atoms with van der Waals surface area (Å²) in [6, 6.07) is 13.7. The maximum Gasteiger partial charge on any atom is 0.258 e. The summed E-state index contributed by atoms with van der Waals surface area (Å²) in [6.45, 7) is 1.31. The zero-order valence-electron chi connectivity index (χ0n) is 16.0. The molecule has 0 bridgehead atoms. The first-order valence-electron chi connectivity index (χ1n) is 9.80. The van der Waals surface area contributed by atoms with Gasteiger partial charge in [-0.15, -0.1) is 0 Å². The Morgan fingerprint density at radius 1 is 1.10 bits per heavy atom. The van der Waals surface area contributed by atoms with E-state index in [0.717, 1.165) is 33.5 Å². The molecule has 1 unspecified atom stereocenters. The normalized spacial score (nSPS) is 17.9. The van der Waals surface area contributed by atoms with Crippen molar-refractivity contribution in [1.82, 2.24) is 20.0 Å². The van der Waals surface area contributed by atoms with E-state index >= 15 is 0 Å². The average molecular weight is 402 g/mol. The summed E-state index contributed by atoms with van der Waals surface area (Å²) in [7, 11) is 0. The molecule has 2 aromatic carbocycles. The number of nitrogens with one attached hydrogen (secondary N) is 1. The number of aromatic nitrogens is 3. The molecule has 0 aliphatic carbocycles. The van der Waals surface area contributed by atoms with E-state index in [1.807, 2.05) is 53.6 Å². The summed E-state index contributed by atoms with van der Waals surface area (Å²) >= 11 is 0. The van der Waals surface area contributed by atoms with Crippen LogP contribution in [0.3, 0.4) is 0 Å². The van der Waals surface area contributed by atoms with E-state index in [9.17, 15) is 4.79 Å². The van der Waals surface area contributed by atoms with Gasteiger partial charge < -0.3 is 23.9 Å². The van der Waals surface area contributed by atoms with Gasteiger partial charge >= 0.3 is 0 Å². The first-order valence-corrected chi connectivity index (χ1v) is 9.80. The third-order valence-electron chi connectivity index (χ3n) is 5.63. The Balaban J connectivity index is 1.19. The molecule has 2 aliphatic rings. The standard InChI is InChI=1S/C22H18N4O4/c27-20-9-16(11-26(20)10-13-1-4-18-19(7-13)29-12-28-18)21-24-22(30-25-21)15-3-2-14-5-6-23-17(14)8-15/h1-8,16,23H,9-12H2. The lowest BCUT2D eigenvalue weighted by Gasteiger charge is -2.16. The van der Waals surface area contributed by atoms with Crippen LogP contribution in [0.1, 0.15) is 23.7 Å². The van der Waals surface area contributed by atoms with Crippen LogP contribution >= 0.6 is 0 Å². The first kappa shape index (κ1) is 17.1. The quantitative estimate of drug-likeness (QED) is 0.562. The number of hydrogen-bond donors (Lipinski definition) is 1. The lowest BCUT2D eigenvalue weighted by molar-refractivity contribution is -0.128. The van der Waals surface area contributed by atoms with E-state index in [0.29, 0.717) is 31.2 Å². The zero-order valence-corrected chi connectivity index (χ0v) is 16.0. The largest absolute Gasteiger partial charge is 0.454 e. The van der Waals surface area contributed by atoms with Crippen molar-refractivity contribution in [1.29, 1.82) is 0 Å². The fourth-order valence-corrected chi connectivity index (χ4v) is 4.06. The van der Waals surface area contributed by atoms with Gasteiger partial charge in [-0.25, -0.2) is 0 Å². The number of H-pyrrole nitrogens is 1. The molecule has 4 heterocycles. The molecule has 1 saturated heterocycles. The second kappa shape index (κ2) is 6.62. The van der Waals surface area contributed by atoms with Crippen molar-refractivity contribution in [2.24, 2.45) is 0 Å². The van der Waals surface area contributed by atoms with E-state index in [-0.39, 0.29) is 18.6 Å². The molecule has 1 atom stereocenters. The summed E-state index contributed by atoms with van der Waals surface area (Å²) in [6.07, 6.45) is 2.27. The van der Waals surface area contributed by atoms with Crippen LogP contribution in [0, 0.1) is 0 Å². The Hall–Kier alpha value is -3.81. The Bertz CT molecular complexity index is 1260. The van der Waals surface area contributed by atoms with E-state index in [2.05, 4.69) is 15.1 Å². The number of likely N-dealkylation sites (tertiary alicyclic amines) is 1. The lowest BCUT2D eigenvalue weighted by Crippen LogP contribution is -2.24. The van der Waals surface area contributed by atoms with Crippen molar-refractivity contribution in [3.05, 3.63) is 60.0 Å². The minimum atomic E-state index is -0.0850. The summed E-state index contributed by atoms with van der Waals surface area (Å²) in [5.41, 5.74) is 2.87. The monoisotopic (exact) mass is 402 g/mol. The smallest absolute Gasteiger partial charge is 0.258 e. The van der Waals surface area contributed by atoms with Gasteiger partial charge in [-0.05, 0) is 41.3 Å². The molecule has 8 heteroatoms. The number of ether oxygens (including phenoxy) is 2. The Kier molecular flexibility index (Phi) is 3.77. The van der Waals surface area contributed by atoms with E-state index in [1.54, 1.807) is 0 Å². The van der Waals surface area contributed by atoms with Crippen molar-refractivity contribution in [3.8, 4) is 23.0 Å². The average Bonchev–Trinajstić information content (AvgIpc) is 3.54. The van der Waals surface area contributed by atoms with Crippen LogP contribution in [0.2, 0.25) is 0 Å². The van der Waals surface area contributed by atoms with Gasteiger partial charge in [0.25, 0.3) is 5.89 Å². The third-order valence-corrected chi connectivity index (χ3v) is 5.63. The summed E-state index contributed by atoms with van der Waals surface area (Å²) < 4.78 is 16.3.